The van der Waals surface area contributed by atoms with E-state index in [9.17, 15) is 9.59 Å². The van der Waals surface area contributed by atoms with Crippen molar-refractivity contribution < 1.29 is 19.1 Å². The molecule has 0 fully saturated rings. The van der Waals surface area contributed by atoms with E-state index >= 15 is 0 Å². The van der Waals surface area contributed by atoms with Gasteiger partial charge >= 0.3 is 11.9 Å². The zero-order valence-electron chi connectivity index (χ0n) is 30.5. The molecule has 0 atom stereocenters. The molecule has 0 bridgehead atoms. The van der Waals surface area contributed by atoms with E-state index in [2.05, 4.69) is 18.7 Å². The van der Waals surface area contributed by atoms with Crippen molar-refractivity contribution in [2.75, 3.05) is 62.4 Å². The smallest absolute Gasteiger partial charge is 0.307 e. The molecule has 0 aromatic carbocycles. The van der Waals surface area contributed by atoms with Crippen LogP contribution in [-0.4, -0.2) is 79.2 Å². The minimum atomic E-state index is -0.172. The second-order valence-corrected chi connectivity index (χ2v) is 15.3. The molecule has 2 N–H and O–H groups in total. The first kappa shape index (κ1) is 45.6. The molecular weight excluding hydrogens is 613 g/mol. The van der Waals surface area contributed by atoms with Crippen LogP contribution in [0.4, 0.5) is 0 Å². The summed E-state index contributed by atoms with van der Waals surface area (Å²) in [6, 6.07) is 0. The lowest BCUT2D eigenvalue weighted by Crippen LogP contribution is -2.34. The second kappa shape index (κ2) is 39.0. The summed E-state index contributed by atoms with van der Waals surface area (Å²) in [5.41, 5.74) is 5.76. The fourth-order valence-electron chi connectivity index (χ4n) is 5.53. The minimum Gasteiger partial charge on any atom is -0.465 e. The molecule has 0 rings (SSSR count). The Bertz CT molecular complexity index is 592. The van der Waals surface area contributed by atoms with Crippen LogP contribution in [0, 0.1) is 0 Å². The van der Waals surface area contributed by atoms with Crippen molar-refractivity contribution in [3.63, 3.8) is 0 Å². The Morgan fingerprint density at radius 2 is 0.804 bits per heavy atom. The van der Waals surface area contributed by atoms with Crippen LogP contribution in [0.5, 0.6) is 0 Å². The second-order valence-electron chi connectivity index (χ2n) is 12.9. The number of nitrogens with zero attached hydrogens (tertiary/aromatic N) is 1. The maximum Gasteiger partial charge on any atom is 0.307 e. The lowest BCUT2D eigenvalue weighted by atomic mass is 10.1. The topological polar surface area (TPSA) is 81.9 Å². The number of thioether (sulfide) groups is 2. The predicted molar refractivity (Wildman–Crippen MR) is 204 cm³/mol. The molecule has 0 aromatic heterocycles. The van der Waals surface area contributed by atoms with E-state index in [0.717, 1.165) is 23.0 Å². The van der Waals surface area contributed by atoms with Crippen molar-refractivity contribution in [2.45, 2.75) is 168 Å². The van der Waals surface area contributed by atoms with Crippen LogP contribution in [0.3, 0.4) is 0 Å². The molecule has 0 unspecified atom stereocenters. The van der Waals surface area contributed by atoms with Gasteiger partial charge in [0.05, 0.1) is 12.8 Å². The van der Waals surface area contributed by atoms with Crippen molar-refractivity contribution >= 4 is 35.5 Å². The monoisotopic (exact) mass is 689 g/mol. The highest BCUT2D eigenvalue weighted by Crippen LogP contribution is 2.14. The van der Waals surface area contributed by atoms with E-state index in [1.54, 1.807) is 0 Å². The molecule has 0 amide bonds. The van der Waals surface area contributed by atoms with Gasteiger partial charge < -0.3 is 20.1 Å². The van der Waals surface area contributed by atoms with Crippen molar-refractivity contribution in [1.82, 2.24) is 4.90 Å². The van der Waals surface area contributed by atoms with Gasteiger partial charge in [0.25, 0.3) is 0 Å². The maximum atomic E-state index is 12.2. The summed E-state index contributed by atoms with van der Waals surface area (Å²) in [5, 5.41) is 0. The van der Waals surface area contributed by atoms with E-state index in [1.807, 2.05) is 23.5 Å². The number of nitrogens with two attached hydrogens (primary N) is 1. The Balaban J connectivity index is 3.58. The third-order valence-electron chi connectivity index (χ3n) is 8.48. The van der Waals surface area contributed by atoms with Gasteiger partial charge in [-0.2, -0.15) is 23.5 Å². The lowest BCUT2D eigenvalue weighted by Gasteiger charge is -2.20. The Morgan fingerprint density at radius 3 is 1.13 bits per heavy atom. The summed E-state index contributed by atoms with van der Waals surface area (Å²) in [4.78, 5) is 26.5. The standard InChI is InChI=1S/C38H76N2O4S2/c1-3-5-7-9-11-13-15-17-19-21-23-33-45-35-31-43-37(41)25-28-40(30-27-39)29-26-38(42)44-32-36-46-34-24-22-20-18-16-14-12-10-8-6-4-2/h3-36,39H2,1-2H3. The highest BCUT2D eigenvalue weighted by Gasteiger charge is 2.12. The highest BCUT2D eigenvalue weighted by molar-refractivity contribution is 7.99. The fraction of sp³-hybridized carbons (Fsp3) is 0.947. The number of unbranched alkanes of at least 4 members (excludes halogenated alkanes) is 20. The maximum absolute atomic E-state index is 12.2. The van der Waals surface area contributed by atoms with Crippen molar-refractivity contribution in [3.05, 3.63) is 0 Å². The summed E-state index contributed by atoms with van der Waals surface area (Å²) in [5.74, 6) is 3.67. The van der Waals surface area contributed by atoms with E-state index in [4.69, 9.17) is 15.2 Å². The Labute approximate surface area is 294 Å². The summed E-state index contributed by atoms with van der Waals surface area (Å²) in [6.07, 6.45) is 30.7. The molecule has 0 aromatic rings. The molecule has 8 heteroatoms. The molecule has 0 aliphatic heterocycles. The van der Waals surface area contributed by atoms with Gasteiger partial charge in [-0.25, -0.2) is 0 Å². The third-order valence-corrected chi connectivity index (χ3v) is 10.5. The van der Waals surface area contributed by atoms with Gasteiger partial charge in [-0.3, -0.25) is 9.59 Å². The van der Waals surface area contributed by atoms with E-state index in [-0.39, 0.29) is 11.9 Å². The molecule has 0 spiro atoms. The molecule has 0 aliphatic rings. The van der Waals surface area contributed by atoms with E-state index in [1.165, 1.54) is 141 Å². The zero-order valence-corrected chi connectivity index (χ0v) is 32.1. The zero-order chi connectivity index (χ0) is 33.6. The minimum absolute atomic E-state index is 0.172. The molecule has 274 valence electrons. The quantitative estimate of drug-likeness (QED) is 0.0507. The summed E-state index contributed by atoms with van der Waals surface area (Å²) in [7, 11) is 0. The average Bonchev–Trinajstić information content (AvgIpc) is 3.06. The van der Waals surface area contributed by atoms with Gasteiger partial charge in [-0.1, -0.05) is 142 Å². The van der Waals surface area contributed by atoms with E-state index < -0.39 is 0 Å². The van der Waals surface area contributed by atoms with Gasteiger partial charge in [-0.15, -0.1) is 0 Å². The van der Waals surface area contributed by atoms with Crippen molar-refractivity contribution in [2.24, 2.45) is 5.73 Å². The van der Waals surface area contributed by atoms with Crippen LogP contribution in [0.1, 0.15) is 168 Å². The summed E-state index contributed by atoms with van der Waals surface area (Å²) in [6.45, 7) is 7.77. The number of ether oxygens (including phenoxy) is 2. The number of hydrogen-bond acceptors (Lipinski definition) is 8. The van der Waals surface area contributed by atoms with Crippen molar-refractivity contribution in [3.8, 4) is 0 Å². The number of carbonyl (C=O) groups is 2. The molecule has 0 heterocycles. The molecule has 6 nitrogen and oxygen atoms in total. The van der Waals surface area contributed by atoms with Crippen LogP contribution in [0.2, 0.25) is 0 Å². The average molecular weight is 689 g/mol. The van der Waals surface area contributed by atoms with Crippen LogP contribution in [0.25, 0.3) is 0 Å². The van der Waals surface area contributed by atoms with E-state index in [0.29, 0.717) is 52.2 Å². The summed E-state index contributed by atoms with van der Waals surface area (Å²) < 4.78 is 10.9. The van der Waals surface area contributed by atoms with Gasteiger partial charge in [0.2, 0.25) is 0 Å². The SMILES string of the molecule is CCCCCCCCCCCCCSCCOC(=O)CCN(CCN)CCC(=O)OCCSCCCCCCCCCCCCC. The third kappa shape index (κ3) is 36.4. The Kier molecular flexibility index (Phi) is 38.6. The van der Waals surface area contributed by atoms with Crippen LogP contribution in [-0.2, 0) is 19.1 Å². The first-order valence-corrected chi connectivity index (χ1v) is 21.8. The van der Waals surface area contributed by atoms with Crippen LogP contribution >= 0.6 is 23.5 Å². The predicted octanol–water partition coefficient (Wildman–Crippen LogP) is 10.2. The number of esters is 2. The molecular formula is C38H76N2O4S2. The van der Waals surface area contributed by atoms with Crippen LogP contribution in [0.15, 0.2) is 0 Å². The molecule has 0 aliphatic carbocycles. The number of carbonyl (C=O) groups excluding carboxylic acids is 2. The molecule has 0 saturated heterocycles. The summed E-state index contributed by atoms with van der Waals surface area (Å²) >= 11 is 3.76. The van der Waals surface area contributed by atoms with Gasteiger partial charge in [0.15, 0.2) is 0 Å². The van der Waals surface area contributed by atoms with Gasteiger partial charge in [-0.05, 0) is 24.3 Å². The highest BCUT2D eigenvalue weighted by atomic mass is 32.2. The first-order chi connectivity index (χ1) is 22.6. The Morgan fingerprint density at radius 1 is 0.478 bits per heavy atom. The molecule has 0 saturated carbocycles. The Hall–Kier alpha value is -0.440. The molecule has 0 radical (unpaired) electrons. The number of hydrogen-bond donors (Lipinski definition) is 1. The van der Waals surface area contributed by atoms with Crippen molar-refractivity contribution in [1.29, 1.82) is 0 Å². The van der Waals surface area contributed by atoms with Gasteiger partial charge in [0, 0.05) is 37.7 Å². The number of rotatable bonds is 38. The van der Waals surface area contributed by atoms with Crippen LogP contribution < -0.4 is 5.73 Å². The first-order valence-electron chi connectivity index (χ1n) is 19.5. The van der Waals surface area contributed by atoms with Gasteiger partial charge in [0.1, 0.15) is 13.2 Å². The normalized spacial score (nSPS) is 11.4. The lowest BCUT2D eigenvalue weighted by molar-refractivity contribution is -0.143. The largest absolute Gasteiger partial charge is 0.465 e. The fourth-order valence-corrected chi connectivity index (χ4v) is 7.16. The molecule has 46 heavy (non-hydrogen) atoms.